The van der Waals surface area contributed by atoms with Crippen LogP contribution < -0.4 is 0 Å². The third kappa shape index (κ3) is 4.50. The van der Waals surface area contributed by atoms with Gasteiger partial charge < -0.3 is 13.6 Å². The van der Waals surface area contributed by atoms with Gasteiger partial charge in [0.1, 0.15) is 0 Å². The van der Waals surface area contributed by atoms with Crippen LogP contribution in [0.5, 0.6) is 0 Å². The maximum absolute atomic E-state index is 6.91. The summed E-state index contributed by atoms with van der Waals surface area (Å²) in [5.74, 6) is 4.32. The van der Waals surface area contributed by atoms with Crippen molar-refractivity contribution in [1.29, 1.82) is 0 Å². The second-order valence-electron chi connectivity index (χ2n) is 14.4. The topological polar surface area (TPSA) is 27.7 Å². The molecular weight excluding hydrogens is 428 g/mol. The molecule has 0 aromatic rings. The van der Waals surface area contributed by atoms with Crippen LogP contribution in [0, 0.1) is 35.5 Å². The van der Waals surface area contributed by atoms with E-state index < -0.39 is 16.6 Å². The lowest BCUT2D eigenvalue weighted by atomic mass is 9.71. The van der Waals surface area contributed by atoms with Crippen molar-refractivity contribution in [2.75, 3.05) is 6.61 Å². The van der Waals surface area contributed by atoms with Gasteiger partial charge in [-0.05, 0) is 91.5 Å². The number of ether oxygens (including phenoxy) is 1. The lowest BCUT2D eigenvalue weighted by Gasteiger charge is -2.44. The van der Waals surface area contributed by atoms with Crippen molar-refractivity contribution in [2.24, 2.45) is 35.5 Å². The van der Waals surface area contributed by atoms with Crippen molar-refractivity contribution in [3.63, 3.8) is 0 Å². The highest BCUT2D eigenvalue weighted by atomic mass is 28.4. The van der Waals surface area contributed by atoms with Gasteiger partial charge in [0.2, 0.25) is 0 Å². The summed E-state index contributed by atoms with van der Waals surface area (Å²) in [6.45, 7) is 24.5. The molecular formula is C27H50O3Si2. The first-order valence-electron chi connectivity index (χ1n) is 13.3. The molecule has 32 heavy (non-hydrogen) atoms. The fraction of sp³-hybridized carbons (Fsp3) is 0.926. The van der Waals surface area contributed by atoms with Gasteiger partial charge in [-0.25, -0.2) is 0 Å². The van der Waals surface area contributed by atoms with Gasteiger partial charge in [0, 0.05) is 18.6 Å². The van der Waals surface area contributed by atoms with Gasteiger partial charge >= 0.3 is 0 Å². The number of hydrogen-bond donors (Lipinski definition) is 0. The zero-order valence-corrected chi connectivity index (χ0v) is 24.5. The molecule has 5 heteroatoms. The molecule has 4 rings (SSSR count). The first-order chi connectivity index (χ1) is 14.6. The van der Waals surface area contributed by atoms with Crippen molar-refractivity contribution < 1.29 is 13.6 Å². The van der Waals surface area contributed by atoms with Crippen molar-refractivity contribution in [2.45, 2.75) is 116 Å². The minimum Gasteiger partial charge on any atom is -0.414 e. The molecule has 3 nitrogen and oxygen atoms in total. The summed E-state index contributed by atoms with van der Waals surface area (Å²) in [4.78, 5) is 0. The van der Waals surface area contributed by atoms with Gasteiger partial charge in [-0.2, -0.15) is 0 Å². The van der Waals surface area contributed by atoms with E-state index in [2.05, 4.69) is 79.9 Å². The molecule has 0 spiro atoms. The molecule has 0 amide bonds. The van der Waals surface area contributed by atoms with E-state index in [1.54, 1.807) is 0 Å². The molecule has 0 bridgehead atoms. The fourth-order valence-electron chi connectivity index (χ4n) is 6.47. The average Bonchev–Trinajstić information content (AvgIpc) is 3.20. The van der Waals surface area contributed by atoms with Gasteiger partial charge in [-0.3, -0.25) is 0 Å². The molecule has 0 N–H and O–H groups in total. The standard InChI is InChI=1S/C27H50O3Si2/c1-26(2,3)31(7,8)29-19-15-18-11-12-20-21-13-14-28-25(30-32(9,10)27(4,5)6)24(21)17-23(20)22(18)16-19/h11-12,18-25H,13-17H2,1-10H3/t18-,19-,20+,21+,22-,23-,24+,25-/m1/s1. The summed E-state index contributed by atoms with van der Waals surface area (Å²) < 4.78 is 20.1. The Labute approximate surface area is 200 Å². The number of allylic oxidation sites excluding steroid dienone is 2. The van der Waals surface area contributed by atoms with Crippen LogP contribution in [-0.4, -0.2) is 35.6 Å². The molecule has 0 radical (unpaired) electrons. The third-order valence-electron chi connectivity index (χ3n) is 10.4. The lowest BCUT2D eigenvalue weighted by molar-refractivity contribution is -0.163. The predicted octanol–water partition coefficient (Wildman–Crippen LogP) is 7.61. The van der Waals surface area contributed by atoms with Gasteiger partial charge in [-0.15, -0.1) is 0 Å². The van der Waals surface area contributed by atoms with Gasteiger partial charge in [0.15, 0.2) is 22.9 Å². The van der Waals surface area contributed by atoms with Crippen LogP contribution in [-0.2, 0) is 13.6 Å². The molecule has 0 aromatic carbocycles. The average molecular weight is 479 g/mol. The zero-order valence-electron chi connectivity index (χ0n) is 22.5. The van der Waals surface area contributed by atoms with E-state index >= 15 is 0 Å². The largest absolute Gasteiger partial charge is 0.414 e. The van der Waals surface area contributed by atoms with Crippen LogP contribution in [0.4, 0.5) is 0 Å². The maximum Gasteiger partial charge on any atom is 0.195 e. The number of fused-ring (bicyclic) bond motifs is 5. The molecule has 0 aromatic heterocycles. The van der Waals surface area contributed by atoms with E-state index in [4.69, 9.17) is 13.6 Å². The zero-order chi connectivity index (χ0) is 23.7. The van der Waals surface area contributed by atoms with E-state index in [9.17, 15) is 0 Å². The molecule has 3 aliphatic carbocycles. The molecule has 4 aliphatic rings. The Kier molecular flexibility index (Phi) is 6.54. The minimum absolute atomic E-state index is 0.00720. The van der Waals surface area contributed by atoms with Gasteiger partial charge in [-0.1, -0.05) is 53.7 Å². The molecule has 1 saturated heterocycles. The Balaban J connectivity index is 1.47. The molecule has 8 atom stereocenters. The molecule has 184 valence electrons. The summed E-state index contributed by atoms with van der Waals surface area (Å²) >= 11 is 0. The molecule has 1 aliphatic heterocycles. The summed E-state index contributed by atoms with van der Waals surface area (Å²) in [5, 5.41) is 0.506. The van der Waals surface area contributed by atoms with Crippen LogP contribution in [0.1, 0.15) is 67.2 Å². The first kappa shape index (κ1) is 25.2. The van der Waals surface area contributed by atoms with Crippen molar-refractivity contribution in [1.82, 2.24) is 0 Å². The van der Waals surface area contributed by atoms with E-state index in [0.29, 0.717) is 17.9 Å². The van der Waals surface area contributed by atoms with Crippen molar-refractivity contribution in [3.8, 4) is 0 Å². The van der Waals surface area contributed by atoms with Gasteiger partial charge in [0.25, 0.3) is 0 Å². The van der Waals surface area contributed by atoms with Crippen molar-refractivity contribution >= 4 is 16.6 Å². The Morgan fingerprint density at radius 1 is 0.719 bits per heavy atom. The summed E-state index contributed by atoms with van der Waals surface area (Å²) in [5.41, 5.74) is 0. The summed E-state index contributed by atoms with van der Waals surface area (Å²) in [6.07, 6.45) is 10.6. The second-order valence-corrected chi connectivity index (χ2v) is 23.9. The Hall–Kier alpha value is 0.0538. The van der Waals surface area contributed by atoms with Crippen LogP contribution in [0.2, 0.25) is 36.3 Å². The minimum atomic E-state index is -1.84. The monoisotopic (exact) mass is 478 g/mol. The SMILES string of the molecule is CC(C)(C)[Si](C)(C)O[C@H]1C[C@H]2[C@@H]3C[C@@H]4[C@@H](O[Si](C)(C)C(C)(C)C)OCC[C@H]4[C@@H]3C=C[C@@H]2C1. The lowest BCUT2D eigenvalue weighted by Crippen LogP contribution is -2.49. The normalized spacial score (nSPS) is 40.2. The highest BCUT2D eigenvalue weighted by Crippen LogP contribution is 2.58. The summed E-state index contributed by atoms with van der Waals surface area (Å²) in [6, 6.07) is 0. The van der Waals surface area contributed by atoms with E-state index in [0.717, 1.165) is 30.3 Å². The highest BCUT2D eigenvalue weighted by molar-refractivity contribution is 6.74. The van der Waals surface area contributed by atoms with Crippen LogP contribution in [0.15, 0.2) is 12.2 Å². The van der Waals surface area contributed by atoms with Crippen LogP contribution in [0.3, 0.4) is 0 Å². The number of rotatable bonds is 4. The van der Waals surface area contributed by atoms with E-state index in [-0.39, 0.29) is 16.4 Å². The summed E-state index contributed by atoms with van der Waals surface area (Å²) in [7, 11) is -3.56. The molecule has 1 heterocycles. The van der Waals surface area contributed by atoms with Gasteiger partial charge in [0.05, 0.1) is 0 Å². The van der Waals surface area contributed by atoms with E-state index in [1.165, 1.54) is 25.7 Å². The first-order valence-corrected chi connectivity index (χ1v) is 19.1. The Morgan fingerprint density at radius 2 is 1.34 bits per heavy atom. The Bertz CT molecular complexity index is 717. The number of hydrogen-bond acceptors (Lipinski definition) is 3. The molecule has 3 fully saturated rings. The molecule has 2 saturated carbocycles. The van der Waals surface area contributed by atoms with E-state index in [1.807, 2.05) is 0 Å². The van der Waals surface area contributed by atoms with Crippen molar-refractivity contribution in [3.05, 3.63) is 12.2 Å². The van der Waals surface area contributed by atoms with Crippen LogP contribution in [0.25, 0.3) is 0 Å². The molecule has 0 unspecified atom stereocenters. The second kappa shape index (κ2) is 8.32. The smallest absolute Gasteiger partial charge is 0.195 e. The fourth-order valence-corrected chi connectivity index (χ4v) is 9.03. The predicted molar refractivity (Wildman–Crippen MR) is 139 cm³/mol. The third-order valence-corrected chi connectivity index (χ3v) is 19.4. The highest BCUT2D eigenvalue weighted by Gasteiger charge is 2.56. The van der Waals surface area contributed by atoms with Crippen LogP contribution >= 0.6 is 0 Å². The maximum atomic E-state index is 6.91. The quantitative estimate of drug-likeness (QED) is 0.307. The Morgan fingerprint density at radius 3 is 1.97 bits per heavy atom.